The fraction of sp³-hybridized carbons (Fsp3) is 0.545. The molecule has 2 aromatic heterocycles. The molecule has 0 aromatic carbocycles. The Morgan fingerprint density at radius 1 is 1.22 bits per heavy atom. The van der Waals surface area contributed by atoms with Crippen LogP contribution in [0.2, 0.25) is 0 Å². The van der Waals surface area contributed by atoms with Crippen LogP contribution in [0.5, 0.6) is 0 Å². The number of aromatic nitrogens is 3. The maximum Gasteiger partial charge on any atom is 0.409 e. The number of thioether (sulfide) groups is 1. The summed E-state index contributed by atoms with van der Waals surface area (Å²) < 4.78 is 19.3. The van der Waals surface area contributed by atoms with Crippen LogP contribution in [0.15, 0.2) is 30.9 Å². The Kier molecular flexibility index (Phi) is 5.90. The zero-order valence-electron chi connectivity index (χ0n) is 18.1. The minimum atomic E-state index is -0.347. The predicted molar refractivity (Wildman–Crippen MR) is 121 cm³/mol. The number of likely N-dealkylation sites (tertiary alicyclic amines) is 1. The summed E-state index contributed by atoms with van der Waals surface area (Å²) in [6.45, 7) is 7.26. The lowest BCUT2D eigenvalue weighted by Crippen LogP contribution is -2.61. The maximum absolute atomic E-state index is 14.0. The maximum atomic E-state index is 14.0. The fourth-order valence-corrected chi connectivity index (χ4v) is 6.56. The average molecular weight is 459 g/mol. The molecule has 0 N–H and O–H groups in total. The molecular weight excluding hydrogens is 431 g/mol. The highest BCUT2D eigenvalue weighted by Gasteiger charge is 2.52. The number of hydrogen-bond donors (Lipinski definition) is 0. The van der Waals surface area contributed by atoms with Crippen molar-refractivity contribution in [2.24, 2.45) is 0 Å². The van der Waals surface area contributed by atoms with Gasteiger partial charge in [-0.15, -0.1) is 11.8 Å². The topological polar surface area (TPSA) is 74.7 Å². The van der Waals surface area contributed by atoms with Crippen molar-refractivity contribution in [1.29, 1.82) is 0 Å². The number of ether oxygens (including phenoxy) is 1. The normalized spacial score (nSPS) is 22.8. The number of anilines is 1. The molecule has 1 atom stereocenters. The Bertz CT molecular complexity index is 966. The second kappa shape index (κ2) is 8.82. The second-order valence-corrected chi connectivity index (χ2v) is 10.0. The van der Waals surface area contributed by atoms with E-state index in [0.29, 0.717) is 24.0 Å². The van der Waals surface area contributed by atoms with Gasteiger partial charge in [0, 0.05) is 69.5 Å². The van der Waals surface area contributed by atoms with Crippen molar-refractivity contribution in [3.63, 3.8) is 0 Å². The number of rotatable bonds is 4. The SMILES string of the molecule is CCOC(=O)N1CC2(C[C@H](N3CCN(c4cc(F)cnc4-c4cnccn4)CC3)CS2)C1. The van der Waals surface area contributed by atoms with Gasteiger partial charge in [-0.3, -0.25) is 14.9 Å². The zero-order chi connectivity index (χ0) is 22.1. The van der Waals surface area contributed by atoms with Gasteiger partial charge in [0.15, 0.2) is 0 Å². The number of nitrogens with zero attached hydrogens (tertiary/aromatic N) is 6. The van der Waals surface area contributed by atoms with Crippen LogP contribution in [0.4, 0.5) is 14.9 Å². The number of carbonyl (C=O) groups is 1. The fourth-order valence-electron chi connectivity index (χ4n) is 4.88. The third-order valence-corrected chi connectivity index (χ3v) is 8.07. The van der Waals surface area contributed by atoms with E-state index in [1.165, 1.54) is 6.20 Å². The second-order valence-electron chi connectivity index (χ2n) is 8.54. The first-order valence-electron chi connectivity index (χ1n) is 11.0. The van der Waals surface area contributed by atoms with Gasteiger partial charge in [0.2, 0.25) is 0 Å². The summed E-state index contributed by atoms with van der Waals surface area (Å²) in [7, 11) is 0. The van der Waals surface area contributed by atoms with Crippen LogP contribution in [-0.4, -0.2) is 93.3 Å². The molecule has 10 heteroatoms. The Hall–Kier alpha value is -2.46. The lowest BCUT2D eigenvalue weighted by molar-refractivity contribution is 0.0603. The zero-order valence-corrected chi connectivity index (χ0v) is 18.9. The van der Waals surface area contributed by atoms with E-state index in [1.807, 2.05) is 23.6 Å². The van der Waals surface area contributed by atoms with Crippen molar-refractivity contribution in [2.75, 3.05) is 56.5 Å². The van der Waals surface area contributed by atoms with E-state index in [0.717, 1.165) is 57.1 Å². The van der Waals surface area contributed by atoms with Crippen LogP contribution in [-0.2, 0) is 4.74 Å². The summed E-state index contributed by atoms with van der Waals surface area (Å²) in [6, 6.07) is 2.06. The first-order chi connectivity index (χ1) is 15.6. The van der Waals surface area contributed by atoms with Gasteiger partial charge >= 0.3 is 6.09 Å². The highest BCUT2D eigenvalue weighted by atomic mass is 32.2. The van der Waals surface area contributed by atoms with E-state index in [-0.39, 0.29) is 16.7 Å². The standard InChI is InChI=1S/C22H27FN6O2S/c1-2-31-21(30)29-14-22(15-29)10-17(13-32-22)27-5-7-28(8-6-27)19-9-16(23)11-26-20(19)18-12-24-3-4-25-18/h3-4,9,11-12,17H,2,5-8,10,13-15H2,1H3/t17-/m0/s1. The third-order valence-electron chi connectivity index (χ3n) is 6.48. The molecule has 2 aromatic rings. The molecule has 3 aliphatic heterocycles. The van der Waals surface area contributed by atoms with Crippen molar-refractivity contribution < 1.29 is 13.9 Å². The van der Waals surface area contributed by atoms with Gasteiger partial charge in [0.05, 0.1) is 29.4 Å². The van der Waals surface area contributed by atoms with Gasteiger partial charge < -0.3 is 14.5 Å². The van der Waals surface area contributed by atoms with Crippen LogP contribution in [0.25, 0.3) is 11.4 Å². The molecule has 3 saturated heterocycles. The smallest absolute Gasteiger partial charge is 0.409 e. The monoisotopic (exact) mass is 458 g/mol. The number of pyridine rings is 1. The number of piperazine rings is 1. The van der Waals surface area contributed by atoms with Gasteiger partial charge in [0.25, 0.3) is 0 Å². The molecule has 1 amide bonds. The van der Waals surface area contributed by atoms with Gasteiger partial charge in [-0.25, -0.2) is 14.2 Å². The molecule has 0 radical (unpaired) electrons. The van der Waals surface area contributed by atoms with E-state index in [4.69, 9.17) is 4.74 Å². The molecule has 1 spiro atoms. The Morgan fingerprint density at radius 2 is 2.03 bits per heavy atom. The Labute approximate surface area is 191 Å². The molecule has 0 bridgehead atoms. The first kappa shape index (κ1) is 21.4. The number of amides is 1. The van der Waals surface area contributed by atoms with E-state index in [2.05, 4.69) is 24.8 Å². The number of hydrogen-bond acceptors (Lipinski definition) is 8. The van der Waals surface area contributed by atoms with E-state index in [1.54, 1.807) is 24.7 Å². The van der Waals surface area contributed by atoms with E-state index < -0.39 is 0 Å². The summed E-state index contributed by atoms with van der Waals surface area (Å²) in [5.41, 5.74) is 2.08. The summed E-state index contributed by atoms with van der Waals surface area (Å²) in [5, 5.41) is 0. The van der Waals surface area contributed by atoms with Crippen LogP contribution in [0.3, 0.4) is 0 Å². The average Bonchev–Trinajstić information content (AvgIpc) is 3.25. The molecule has 5 heterocycles. The minimum absolute atomic E-state index is 0.181. The molecular formula is C22H27FN6O2S. The summed E-state index contributed by atoms with van der Waals surface area (Å²) >= 11 is 1.99. The van der Waals surface area contributed by atoms with Gasteiger partial charge in [-0.1, -0.05) is 0 Å². The lowest BCUT2D eigenvalue weighted by atomic mass is 9.91. The van der Waals surface area contributed by atoms with Gasteiger partial charge in [-0.2, -0.15) is 0 Å². The minimum Gasteiger partial charge on any atom is -0.450 e. The van der Waals surface area contributed by atoms with E-state index >= 15 is 0 Å². The van der Waals surface area contributed by atoms with Gasteiger partial charge in [-0.05, 0) is 13.3 Å². The van der Waals surface area contributed by atoms with Crippen molar-refractivity contribution in [1.82, 2.24) is 24.8 Å². The summed E-state index contributed by atoms with van der Waals surface area (Å²) in [4.78, 5) is 31.2. The highest BCUT2D eigenvalue weighted by Crippen LogP contribution is 2.47. The summed E-state index contributed by atoms with van der Waals surface area (Å²) in [5.74, 6) is 0.739. The molecule has 32 heavy (non-hydrogen) atoms. The molecule has 8 nitrogen and oxygen atoms in total. The third kappa shape index (κ3) is 4.13. The largest absolute Gasteiger partial charge is 0.450 e. The van der Waals surface area contributed by atoms with Gasteiger partial charge in [0.1, 0.15) is 17.2 Å². The predicted octanol–water partition coefficient (Wildman–Crippen LogP) is 2.52. The van der Waals surface area contributed by atoms with Crippen LogP contribution < -0.4 is 4.90 Å². The van der Waals surface area contributed by atoms with Crippen molar-refractivity contribution in [2.45, 2.75) is 24.1 Å². The molecule has 170 valence electrons. The Morgan fingerprint density at radius 3 is 2.75 bits per heavy atom. The molecule has 5 rings (SSSR count). The summed E-state index contributed by atoms with van der Waals surface area (Å²) in [6.07, 6.45) is 7.04. The molecule has 0 aliphatic carbocycles. The van der Waals surface area contributed by atoms with Crippen LogP contribution >= 0.6 is 11.8 Å². The molecule has 3 aliphatic rings. The van der Waals surface area contributed by atoms with Crippen LogP contribution in [0.1, 0.15) is 13.3 Å². The Balaban J connectivity index is 1.20. The van der Waals surface area contributed by atoms with Crippen LogP contribution in [0, 0.1) is 5.82 Å². The molecule has 0 saturated carbocycles. The quantitative estimate of drug-likeness (QED) is 0.692. The lowest BCUT2D eigenvalue weighted by Gasteiger charge is -2.47. The van der Waals surface area contributed by atoms with Crippen molar-refractivity contribution >= 4 is 23.5 Å². The molecule has 0 unspecified atom stereocenters. The van der Waals surface area contributed by atoms with E-state index in [9.17, 15) is 9.18 Å². The number of halogens is 1. The molecule has 3 fully saturated rings. The highest BCUT2D eigenvalue weighted by molar-refractivity contribution is 8.01. The van der Waals surface area contributed by atoms with Crippen molar-refractivity contribution in [3.05, 3.63) is 36.7 Å². The first-order valence-corrected chi connectivity index (χ1v) is 12.0. The van der Waals surface area contributed by atoms with Crippen molar-refractivity contribution in [3.8, 4) is 11.4 Å². The number of carbonyl (C=O) groups excluding carboxylic acids is 1.